The van der Waals surface area contributed by atoms with Gasteiger partial charge in [-0.25, -0.2) is 8.78 Å². The number of hydrogen-bond acceptors (Lipinski definition) is 6. The van der Waals surface area contributed by atoms with E-state index < -0.39 is 29.5 Å². The zero-order chi connectivity index (χ0) is 25.9. The number of carbonyl (C=O) groups excluding carboxylic acids is 2. The predicted molar refractivity (Wildman–Crippen MR) is 131 cm³/mol. The molecule has 1 aliphatic heterocycles. The summed E-state index contributed by atoms with van der Waals surface area (Å²) in [6.45, 7) is 4.14. The van der Waals surface area contributed by atoms with Gasteiger partial charge in [-0.05, 0) is 56.4 Å². The Kier molecular flexibility index (Phi) is 7.27. The molecule has 3 aromatic rings. The van der Waals surface area contributed by atoms with E-state index in [9.17, 15) is 18.4 Å². The van der Waals surface area contributed by atoms with Crippen molar-refractivity contribution in [1.29, 1.82) is 0 Å². The fraction of sp³-hybridized carbons (Fsp3) is 0.407. The van der Waals surface area contributed by atoms with Gasteiger partial charge in [0.25, 0.3) is 5.91 Å². The first-order valence-electron chi connectivity index (χ1n) is 12.5. The van der Waals surface area contributed by atoms with Gasteiger partial charge >= 0.3 is 0 Å². The van der Waals surface area contributed by atoms with Crippen LogP contribution in [0.3, 0.4) is 0 Å². The zero-order valence-electron chi connectivity index (χ0n) is 20.5. The lowest BCUT2D eigenvalue weighted by molar-refractivity contribution is -0.128. The molecule has 1 aliphatic carbocycles. The molecule has 2 N–H and O–H groups in total. The number of nitrogens with one attached hydrogen (secondary N) is 2. The second kappa shape index (κ2) is 10.8. The lowest BCUT2D eigenvalue weighted by Crippen LogP contribution is -2.56. The van der Waals surface area contributed by atoms with Gasteiger partial charge in [0.15, 0.2) is 11.5 Å². The highest BCUT2D eigenvalue weighted by atomic mass is 19.1. The van der Waals surface area contributed by atoms with Crippen molar-refractivity contribution >= 4 is 11.8 Å². The third-order valence-corrected chi connectivity index (χ3v) is 6.99. The number of carbonyl (C=O) groups is 2. The molecule has 3 heterocycles. The Morgan fingerprint density at radius 1 is 1.16 bits per heavy atom. The van der Waals surface area contributed by atoms with Crippen LogP contribution in [-0.2, 0) is 4.79 Å². The van der Waals surface area contributed by atoms with Crippen molar-refractivity contribution in [2.45, 2.75) is 38.3 Å². The Labute approximate surface area is 213 Å². The van der Waals surface area contributed by atoms with Gasteiger partial charge < -0.3 is 20.1 Å². The van der Waals surface area contributed by atoms with Crippen LogP contribution in [0.5, 0.6) is 0 Å². The summed E-state index contributed by atoms with van der Waals surface area (Å²) in [6.07, 6.45) is 4.72. The van der Waals surface area contributed by atoms with Crippen LogP contribution in [-0.4, -0.2) is 52.5 Å². The molecule has 3 atom stereocenters. The number of pyridine rings is 1. The number of hydrogen-bond donors (Lipinski definition) is 2. The highest BCUT2D eigenvalue weighted by Gasteiger charge is 2.38. The maximum absolute atomic E-state index is 14.1. The third-order valence-electron chi connectivity index (χ3n) is 6.99. The molecular formula is C27H29F2N5O3. The van der Waals surface area contributed by atoms with Crippen LogP contribution in [0.25, 0.3) is 11.3 Å². The van der Waals surface area contributed by atoms with E-state index in [0.717, 1.165) is 30.9 Å². The second-order valence-electron chi connectivity index (χ2n) is 9.86. The fourth-order valence-corrected chi connectivity index (χ4v) is 4.76. The van der Waals surface area contributed by atoms with Gasteiger partial charge in [0.05, 0.1) is 23.2 Å². The normalized spacial score (nSPS) is 20.8. The fourth-order valence-electron chi connectivity index (χ4n) is 4.76. The molecule has 1 saturated heterocycles. The van der Waals surface area contributed by atoms with E-state index in [1.54, 1.807) is 6.20 Å². The Balaban J connectivity index is 1.29. The Hall–Kier alpha value is -3.66. The van der Waals surface area contributed by atoms with Crippen LogP contribution in [0.2, 0.25) is 0 Å². The molecule has 1 aromatic carbocycles. The molecule has 2 fully saturated rings. The van der Waals surface area contributed by atoms with E-state index in [-0.39, 0.29) is 29.0 Å². The van der Waals surface area contributed by atoms with Crippen LogP contribution < -0.4 is 10.6 Å². The molecule has 5 rings (SSSR count). The summed E-state index contributed by atoms with van der Waals surface area (Å²) in [7, 11) is 0. The maximum atomic E-state index is 14.1. The largest absolute Gasteiger partial charge is 0.355 e. The average Bonchev–Trinajstić information content (AvgIpc) is 3.57. The molecule has 2 aromatic heterocycles. The van der Waals surface area contributed by atoms with Crippen molar-refractivity contribution in [2.24, 2.45) is 11.8 Å². The van der Waals surface area contributed by atoms with Crippen molar-refractivity contribution < 1.29 is 22.9 Å². The molecule has 10 heteroatoms. The van der Waals surface area contributed by atoms with Gasteiger partial charge in [-0.15, -0.1) is 0 Å². The van der Waals surface area contributed by atoms with E-state index in [2.05, 4.69) is 25.7 Å². The Bertz CT molecular complexity index is 1260. The van der Waals surface area contributed by atoms with Crippen molar-refractivity contribution in [2.75, 3.05) is 19.6 Å². The first-order chi connectivity index (χ1) is 17.9. The smallest absolute Gasteiger partial charge is 0.273 e. The molecule has 1 saturated carbocycles. The summed E-state index contributed by atoms with van der Waals surface area (Å²) >= 11 is 0. The minimum atomic E-state index is -0.815. The highest BCUT2D eigenvalue weighted by Crippen LogP contribution is 2.31. The van der Waals surface area contributed by atoms with Crippen molar-refractivity contribution in [3.05, 3.63) is 71.7 Å². The quantitative estimate of drug-likeness (QED) is 0.480. The number of amides is 2. The number of aromatic nitrogens is 2. The van der Waals surface area contributed by atoms with E-state index in [1.165, 1.54) is 25.0 Å². The van der Waals surface area contributed by atoms with Gasteiger partial charge in [0.2, 0.25) is 5.91 Å². The van der Waals surface area contributed by atoms with Crippen molar-refractivity contribution in [3.8, 4) is 11.3 Å². The lowest BCUT2D eigenvalue weighted by Gasteiger charge is -2.38. The summed E-state index contributed by atoms with van der Waals surface area (Å²) in [6, 6.07) is 9.23. The molecule has 2 amide bonds. The molecule has 2 aliphatic rings. The molecule has 0 radical (unpaired) electrons. The maximum Gasteiger partial charge on any atom is 0.273 e. The van der Waals surface area contributed by atoms with Crippen LogP contribution in [0.15, 0.2) is 53.2 Å². The molecule has 0 spiro atoms. The van der Waals surface area contributed by atoms with Crippen LogP contribution in [0, 0.1) is 23.5 Å². The summed E-state index contributed by atoms with van der Waals surface area (Å²) in [4.78, 5) is 33.0. The number of nitrogens with zero attached hydrogens (tertiary/aromatic N) is 3. The minimum absolute atomic E-state index is 0.00194. The van der Waals surface area contributed by atoms with Crippen LogP contribution >= 0.6 is 0 Å². The molecule has 0 bridgehead atoms. The minimum Gasteiger partial charge on any atom is -0.355 e. The number of rotatable bonds is 8. The van der Waals surface area contributed by atoms with Gasteiger partial charge in [-0.2, -0.15) is 0 Å². The van der Waals surface area contributed by atoms with E-state index >= 15 is 0 Å². The van der Waals surface area contributed by atoms with E-state index in [4.69, 9.17) is 4.52 Å². The van der Waals surface area contributed by atoms with Crippen molar-refractivity contribution in [1.82, 2.24) is 25.7 Å². The van der Waals surface area contributed by atoms with Crippen molar-refractivity contribution in [3.63, 3.8) is 0 Å². The Morgan fingerprint density at radius 2 is 2.00 bits per heavy atom. The number of halogens is 2. The van der Waals surface area contributed by atoms with Crippen LogP contribution in [0.1, 0.15) is 48.4 Å². The lowest BCUT2D eigenvalue weighted by atomic mass is 9.90. The zero-order valence-corrected chi connectivity index (χ0v) is 20.5. The summed E-state index contributed by atoms with van der Waals surface area (Å²) in [5, 5.41) is 9.76. The van der Waals surface area contributed by atoms with Gasteiger partial charge in [0, 0.05) is 44.0 Å². The number of piperidine rings is 1. The summed E-state index contributed by atoms with van der Waals surface area (Å²) in [5.74, 6) is -1.98. The molecule has 37 heavy (non-hydrogen) atoms. The third kappa shape index (κ3) is 6.02. The number of benzene rings is 1. The molecule has 194 valence electrons. The second-order valence-corrected chi connectivity index (χ2v) is 9.86. The Morgan fingerprint density at radius 3 is 2.73 bits per heavy atom. The summed E-state index contributed by atoms with van der Waals surface area (Å²) < 4.78 is 32.5. The monoisotopic (exact) mass is 509 g/mol. The van der Waals surface area contributed by atoms with Gasteiger partial charge in [0.1, 0.15) is 11.6 Å². The van der Waals surface area contributed by atoms with Gasteiger partial charge in [-0.3, -0.25) is 14.6 Å². The SMILES string of the molecule is C[C@H](NC(=O)[C@H]1CN(CC2CC2)CC[C@@H]1NC(=O)c1cc(-c2ccc(F)cc2F)on1)c1ccccn1. The van der Waals surface area contributed by atoms with Crippen LogP contribution in [0.4, 0.5) is 8.78 Å². The molecule has 8 nitrogen and oxygen atoms in total. The first-order valence-corrected chi connectivity index (χ1v) is 12.5. The van der Waals surface area contributed by atoms with E-state index in [0.29, 0.717) is 18.9 Å². The topological polar surface area (TPSA) is 100 Å². The molecule has 0 unspecified atom stereocenters. The predicted octanol–water partition coefficient (Wildman–Crippen LogP) is 3.72. The first kappa shape index (κ1) is 25.0. The summed E-state index contributed by atoms with van der Waals surface area (Å²) in [5.41, 5.74) is 0.715. The average molecular weight is 510 g/mol. The van der Waals surface area contributed by atoms with E-state index in [1.807, 2.05) is 25.1 Å². The molecular weight excluding hydrogens is 480 g/mol. The van der Waals surface area contributed by atoms with Gasteiger partial charge in [-0.1, -0.05) is 11.2 Å². The standard InChI is InChI=1S/C27H29F2N5O3/c1-16(22-4-2-3-10-30-22)31-26(35)20-15-34(14-17-5-6-17)11-9-23(20)32-27(36)24-13-25(37-33-24)19-8-7-18(28)12-21(19)29/h2-4,7-8,10,12-13,16-17,20,23H,5-6,9,11,14-15H2,1H3,(H,31,35)(H,32,36)/t16-,20-,23-/m0/s1. The highest BCUT2D eigenvalue weighted by molar-refractivity contribution is 5.94. The number of likely N-dealkylation sites (tertiary alicyclic amines) is 1.